The van der Waals surface area contributed by atoms with E-state index in [0.717, 1.165) is 28.3 Å². The molecule has 11 aromatic carbocycles. The van der Waals surface area contributed by atoms with E-state index in [1.54, 1.807) is 0 Å². The first kappa shape index (κ1) is 38.7. The standard InChI is InChI=1S/C65H44N2/c1-5-20-46(21-6-1)55-33-18-34-58-63(55)56-43-42-52(44-59(56)65(58,48-24-7-2-8-25-48)49-26-9-3-10-27-49)66(51-40-38-47(39-41-51)54-32-17-23-45-22-13-14-30-53(45)54)61-36-19-37-62-64(61)57-31-15-16-35-60(57)67(62)50-28-11-4-12-29-50/h1-44H. The molecule has 0 unspecified atom stereocenters. The van der Waals surface area contributed by atoms with Crippen molar-refractivity contribution < 1.29 is 0 Å². The zero-order chi connectivity index (χ0) is 44.3. The van der Waals surface area contributed by atoms with Gasteiger partial charge in [-0.3, -0.25) is 0 Å². The van der Waals surface area contributed by atoms with E-state index in [1.165, 1.54) is 82.7 Å². The van der Waals surface area contributed by atoms with Crippen LogP contribution in [0.4, 0.5) is 17.1 Å². The number of fused-ring (bicyclic) bond motifs is 7. The summed E-state index contributed by atoms with van der Waals surface area (Å²) < 4.78 is 2.41. The van der Waals surface area contributed by atoms with Gasteiger partial charge in [0.2, 0.25) is 0 Å². The summed E-state index contributed by atoms with van der Waals surface area (Å²) in [6.07, 6.45) is 0. The topological polar surface area (TPSA) is 8.17 Å². The fourth-order valence-electron chi connectivity index (χ4n) is 11.3. The van der Waals surface area contributed by atoms with Gasteiger partial charge in [-0.05, 0) is 121 Å². The third-order valence-electron chi connectivity index (χ3n) is 14.1. The van der Waals surface area contributed by atoms with Gasteiger partial charge in [-0.25, -0.2) is 0 Å². The largest absolute Gasteiger partial charge is 0.310 e. The maximum atomic E-state index is 2.50. The molecule has 1 aromatic heterocycles. The molecule has 2 heteroatoms. The summed E-state index contributed by atoms with van der Waals surface area (Å²) in [4.78, 5) is 2.50. The highest BCUT2D eigenvalue weighted by atomic mass is 15.1. The predicted octanol–water partition coefficient (Wildman–Crippen LogP) is 17.1. The van der Waals surface area contributed by atoms with E-state index in [-0.39, 0.29) is 0 Å². The molecule has 0 N–H and O–H groups in total. The van der Waals surface area contributed by atoms with Crippen molar-refractivity contribution >= 4 is 49.6 Å². The molecule has 0 aliphatic heterocycles. The number of nitrogens with zero attached hydrogens (tertiary/aromatic N) is 2. The summed E-state index contributed by atoms with van der Waals surface area (Å²) in [6.45, 7) is 0. The van der Waals surface area contributed by atoms with E-state index in [0.29, 0.717) is 0 Å². The maximum Gasteiger partial charge on any atom is 0.0714 e. The van der Waals surface area contributed by atoms with Gasteiger partial charge in [-0.15, -0.1) is 0 Å². The van der Waals surface area contributed by atoms with Crippen molar-refractivity contribution in [2.45, 2.75) is 5.41 Å². The van der Waals surface area contributed by atoms with Gasteiger partial charge in [0.05, 0.1) is 22.1 Å². The fourth-order valence-corrected chi connectivity index (χ4v) is 11.3. The first-order valence-corrected chi connectivity index (χ1v) is 23.2. The Morgan fingerprint density at radius 2 is 0.896 bits per heavy atom. The highest BCUT2D eigenvalue weighted by Crippen LogP contribution is 2.59. The molecule has 13 rings (SSSR count). The van der Waals surface area contributed by atoms with Gasteiger partial charge < -0.3 is 9.47 Å². The van der Waals surface area contributed by atoms with Crippen molar-refractivity contribution in [1.29, 1.82) is 0 Å². The van der Waals surface area contributed by atoms with Crippen molar-refractivity contribution in [3.8, 4) is 39.1 Å². The third kappa shape index (κ3) is 6.04. The molecular formula is C65H44N2. The summed E-state index contributed by atoms with van der Waals surface area (Å²) >= 11 is 0. The van der Waals surface area contributed by atoms with Crippen molar-refractivity contribution in [1.82, 2.24) is 4.57 Å². The normalized spacial score (nSPS) is 12.6. The molecule has 0 saturated heterocycles. The van der Waals surface area contributed by atoms with Crippen molar-refractivity contribution in [2.24, 2.45) is 0 Å². The SMILES string of the molecule is c1ccc(-c2cccc3c2-c2ccc(N(c4ccc(-c5cccc6ccccc56)cc4)c4cccc5c4c4ccccc4n5-c4ccccc4)cc2C3(c2ccccc2)c2ccccc2)cc1. The number of hydrogen-bond donors (Lipinski definition) is 0. The summed E-state index contributed by atoms with van der Waals surface area (Å²) in [5.41, 5.74) is 18.6. The van der Waals surface area contributed by atoms with Crippen LogP contribution in [0.2, 0.25) is 0 Å². The molecule has 0 atom stereocenters. The van der Waals surface area contributed by atoms with Gasteiger partial charge in [-0.1, -0.05) is 212 Å². The van der Waals surface area contributed by atoms with Crippen LogP contribution in [0.1, 0.15) is 22.3 Å². The maximum absolute atomic E-state index is 2.50. The third-order valence-corrected chi connectivity index (χ3v) is 14.1. The Labute approximate surface area is 390 Å². The zero-order valence-corrected chi connectivity index (χ0v) is 36.8. The van der Waals surface area contributed by atoms with Crippen LogP contribution in [0.25, 0.3) is 71.6 Å². The second-order valence-corrected chi connectivity index (χ2v) is 17.6. The molecule has 0 bridgehead atoms. The summed E-state index contributed by atoms with van der Waals surface area (Å²) in [7, 11) is 0. The van der Waals surface area contributed by atoms with Crippen LogP contribution >= 0.6 is 0 Å². The Bertz CT molecular complexity index is 3730. The van der Waals surface area contributed by atoms with E-state index in [4.69, 9.17) is 0 Å². The van der Waals surface area contributed by atoms with Crippen molar-refractivity contribution in [2.75, 3.05) is 4.90 Å². The average Bonchev–Trinajstić information content (AvgIpc) is 3.91. The van der Waals surface area contributed by atoms with Crippen LogP contribution in [0, 0.1) is 0 Å². The van der Waals surface area contributed by atoms with Gasteiger partial charge in [0.25, 0.3) is 0 Å². The first-order valence-electron chi connectivity index (χ1n) is 23.2. The summed E-state index contributed by atoms with van der Waals surface area (Å²) in [5, 5.41) is 4.90. The molecule has 0 fully saturated rings. The van der Waals surface area contributed by atoms with Gasteiger partial charge in [0.15, 0.2) is 0 Å². The van der Waals surface area contributed by atoms with Gasteiger partial charge in [0.1, 0.15) is 0 Å². The van der Waals surface area contributed by atoms with Crippen LogP contribution in [-0.4, -0.2) is 4.57 Å². The quantitative estimate of drug-likeness (QED) is 0.148. The summed E-state index contributed by atoms with van der Waals surface area (Å²) in [6, 6.07) is 98.2. The molecule has 0 amide bonds. The number of rotatable bonds is 8. The van der Waals surface area contributed by atoms with Crippen LogP contribution in [0.15, 0.2) is 267 Å². The van der Waals surface area contributed by atoms with E-state index in [1.807, 2.05) is 0 Å². The smallest absolute Gasteiger partial charge is 0.0714 e. The number of benzene rings is 11. The van der Waals surface area contributed by atoms with Crippen LogP contribution in [0.5, 0.6) is 0 Å². The van der Waals surface area contributed by atoms with Crippen LogP contribution in [-0.2, 0) is 5.41 Å². The predicted molar refractivity (Wildman–Crippen MR) is 281 cm³/mol. The van der Waals surface area contributed by atoms with Gasteiger partial charge >= 0.3 is 0 Å². The Balaban J connectivity index is 1.11. The van der Waals surface area contributed by atoms with Gasteiger partial charge in [-0.2, -0.15) is 0 Å². The fraction of sp³-hybridized carbons (Fsp3) is 0.0154. The zero-order valence-electron chi connectivity index (χ0n) is 36.8. The first-order chi connectivity index (χ1) is 33.3. The lowest BCUT2D eigenvalue weighted by atomic mass is 9.67. The van der Waals surface area contributed by atoms with E-state index >= 15 is 0 Å². The number of aromatic nitrogens is 1. The number of para-hydroxylation sites is 2. The lowest BCUT2D eigenvalue weighted by molar-refractivity contribution is 0.768. The molecule has 1 aliphatic rings. The number of hydrogen-bond acceptors (Lipinski definition) is 1. The Hall–Kier alpha value is -8.72. The Morgan fingerprint density at radius 1 is 0.343 bits per heavy atom. The molecule has 12 aromatic rings. The number of anilines is 3. The second-order valence-electron chi connectivity index (χ2n) is 17.6. The summed E-state index contributed by atoms with van der Waals surface area (Å²) in [5.74, 6) is 0. The minimum atomic E-state index is -0.604. The molecule has 67 heavy (non-hydrogen) atoms. The molecule has 314 valence electrons. The highest BCUT2D eigenvalue weighted by molar-refractivity contribution is 6.16. The minimum absolute atomic E-state index is 0.604. The van der Waals surface area contributed by atoms with Crippen molar-refractivity contribution in [3.63, 3.8) is 0 Å². The van der Waals surface area contributed by atoms with E-state index in [2.05, 4.69) is 276 Å². The average molecular weight is 853 g/mol. The molecule has 1 heterocycles. The van der Waals surface area contributed by atoms with E-state index < -0.39 is 5.41 Å². The van der Waals surface area contributed by atoms with Crippen molar-refractivity contribution in [3.05, 3.63) is 289 Å². The van der Waals surface area contributed by atoms with Gasteiger partial charge in [0, 0.05) is 27.8 Å². The molecule has 0 radical (unpaired) electrons. The van der Waals surface area contributed by atoms with Crippen LogP contribution < -0.4 is 4.90 Å². The molecule has 0 saturated carbocycles. The molecular weight excluding hydrogens is 809 g/mol. The molecule has 0 spiro atoms. The molecule has 2 nitrogen and oxygen atoms in total. The lowest BCUT2D eigenvalue weighted by Gasteiger charge is -2.35. The van der Waals surface area contributed by atoms with E-state index in [9.17, 15) is 0 Å². The second kappa shape index (κ2) is 15.8. The Morgan fingerprint density at radius 3 is 1.64 bits per heavy atom. The lowest BCUT2D eigenvalue weighted by Crippen LogP contribution is -2.28. The van der Waals surface area contributed by atoms with Crippen LogP contribution in [0.3, 0.4) is 0 Å². The molecule has 1 aliphatic carbocycles. The Kier molecular flexibility index (Phi) is 9.11. The minimum Gasteiger partial charge on any atom is -0.310 e. The highest BCUT2D eigenvalue weighted by Gasteiger charge is 2.47. The monoisotopic (exact) mass is 852 g/mol.